The number of thioether (sulfide) groups is 2. The highest BCUT2D eigenvalue weighted by Gasteiger charge is 2.34. The van der Waals surface area contributed by atoms with E-state index in [4.69, 9.17) is 5.11 Å². The van der Waals surface area contributed by atoms with Gasteiger partial charge in [-0.25, -0.2) is 5.43 Å². The van der Waals surface area contributed by atoms with Gasteiger partial charge >= 0.3 is 0 Å². The number of allylic oxidation sites excluding steroid dienone is 1. The molecule has 1 rings (SSSR count). The first-order chi connectivity index (χ1) is 12.4. The van der Waals surface area contributed by atoms with Gasteiger partial charge in [-0.15, -0.1) is 0 Å². The van der Waals surface area contributed by atoms with E-state index in [1.807, 2.05) is 30.8 Å². The lowest BCUT2D eigenvalue weighted by Crippen LogP contribution is -2.47. The summed E-state index contributed by atoms with van der Waals surface area (Å²) in [5.74, 6) is 3.76. The number of rotatable bonds is 12. The summed E-state index contributed by atoms with van der Waals surface area (Å²) < 4.78 is 0. The molecule has 4 nitrogen and oxygen atoms in total. The molecule has 1 unspecified atom stereocenters. The number of carbonyl (C=O) groups is 1. The number of amides is 1. The molecular formula is C20H32N2O2S2. The van der Waals surface area contributed by atoms with Crippen molar-refractivity contribution in [2.75, 3.05) is 36.7 Å². The van der Waals surface area contributed by atoms with Gasteiger partial charge in [0.05, 0.1) is 12.0 Å². The smallest absolute Gasteiger partial charge is 0.244 e. The molecule has 0 aromatic heterocycles. The van der Waals surface area contributed by atoms with Gasteiger partial charge in [0, 0.05) is 24.3 Å². The van der Waals surface area contributed by atoms with Crippen molar-refractivity contribution in [1.29, 1.82) is 0 Å². The van der Waals surface area contributed by atoms with E-state index in [9.17, 15) is 4.79 Å². The first kappa shape index (κ1) is 23.1. The average molecular weight is 397 g/mol. The molecule has 1 atom stereocenters. The van der Waals surface area contributed by atoms with Crippen LogP contribution in [-0.4, -0.2) is 47.7 Å². The van der Waals surface area contributed by atoms with Crippen LogP contribution >= 0.6 is 23.5 Å². The number of nitrogens with one attached hydrogen (secondary N) is 2. The first-order valence-electron chi connectivity index (χ1n) is 8.93. The second kappa shape index (κ2) is 12.4. The summed E-state index contributed by atoms with van der Waals surface area (Å²) in [6, 6.07) is 8.25. The van der Waals surface area contributed by atoms with E-state index in [1.54, 1.807) is 18.8 Å². The maximum Gasteiger partial charge on any atom is 0.244 e. The van der Waals surface area contributed by atoms with Gasteiger partial charge < -0.3 is 5.11 Å². The number of aliphatic hydroxyl groups is 1. The van der Waals surface area contributed by atoms with Crippen molar-refractivity contribution in [2.45, 2.75) is 32.6 Å². The third kappa shape index (κ3) is 7.74. The van der Waals surface area contributed by atoms with Crippen LogP contribution in [0.2, 0.25) is 0 Å². The van der Waals surface area contributed by atoms with Crippen LogP contribution in [-0.2, 0) is 10.2 Å². The Labute approximate surface area is 166 Å². The Morgan fingerprint density at radius 3 is 2.50 bits per heavy atom. The zero-order chi connectivity index (χ0) is 19.4. The maximum atomic E-state index is 12.8. The Hall–Kier alpha value is -0.950. The van der Waals surface area contributed by atoms with Gasteiger partial charge in [-0.2, -0.15) is 23.5 Å². The van der Waals surface area contributed by atoms with Gasteiger partial charge in [-0.05, 0) is 44.1 Å². The van der Waals surface area contributed by atoms with Crippen molar-refractivity contribution in [2.24, 2.45) is 0 Å². The molecule has 0 radical (unpaired) electrons. The Morgan fingerprint density at radius 1 is 1.19 bits per heavy atom. The highest BCUT2D eigenvalue weighted by atomic mass is 32.2. The summed E-state index contributed by atoms with van der Waals surface area (Å²) in [5, 5.41) is 8.81. The van der Waals surface area contributed by atoms with Gasteiger partial charge in [0.1, 0.15) is 0 Å². The van der Waals surface area contributed by atoms with Crippen molar-refractivity contribution in [1.82, 2.24) is 10.9 Å². The molecule has 6 heteroatoms. The summed E-state index contributed by atoms with van der Waals surface area (Å²) >= 11 is 3.62. The van der Waals surface area contributed by atoms with E-state index < -0.39 is 5.41 Å². The Bertz CT molecular complexity index is 589. The lowest BCUT2D eigenvalue weighted by Gasteiger charge is -2.29. The molecule has 26 heavy (non-hydrogen) atoms. The van der Waals surface area contributed by atoms with Crippen molar-refractivity contribution < 1.29 is 9.90 Å². The van der Waals surface area contributed by atoms with Gasteiger partial charge in [0.15, 0.2) is 0 Å². The van der Waals surface area contributed by atoms with Gasteiger partial charge in [-0.1, -0.05) is 35.9 Å². The molecule has 1 aromatic carbocycles. The van der Waals surface area contributed by atoms with Gasteiger partial charge in [0.2, 0.25) is 5.91 Å². The van der Waals surface area contributed by atoms with Gasteiger partial charge in [-0.3, -0.25) is 10.2 Å². The second-order valence-corrected chi connectivity index (χ2v) is 9.03. The molecule has 0 fully saturated rings. The van der Waals surface area contributed by atoms with Crippen molar-refractivity contribution >= 4 is 35.5 Å². The molecule has 1 aromatic rings. The van der Waals surface area contributed by atoms with Crippen LogP contribution in [0.25, 0.3) is 6.08 Å². The third-order valence-corrected chi connectivity index (χ3v) is 6.28. The SMILES string of the molecule is CNNC(=O)C(C)(CCSCCSCCO)c1cccc(C=C(C)C)c1. The summed E-state index contributed by atoms with van der Waals surface area (Å²) in [5.41, 5.74) is 8.35. The van der Waals surface area contributed by atoms with E-state index in [-0.39, 0.29) is 12.5 Å². The van der Waals surface area contributed by atoms with Crippen LogP contribution < -0.4 is 10.9 Å². The van der Waals surface area contributed by atoms with Crippen LogP contribution in [0.1, 0.15) is 38.3 Å². The minimum atomic E-state index is -0.584. The largest absolute Gasteiger partial charge is 0.396 e. The molecule has 0 aliphatic rings. The average Bonchev–Trinajstić information content (AvgIpc) is 2.60. The molecule has 0 spiro atoms. The molecule has 0 saturated heterocycles. The number of aliphatic hydroxyl groups excluding tert-OH is 1. The van der Waals surface area contributed by atoms with Crippen LogP contribution in [0.5, 0.6) is 0 Å². The van der Waals surface area contributed by atoms with Crippen LogP contribution in [0, 0.1) is 0 Å². The lowest BCUT2D eigenvalue weighted by molar-refractivity contribution is -0.127. The standard InChI is InChI=1S/C20H32N2O2S2/c1-16(2)14-17-6-5-7-18(15-17)20(3,19(24)22-21-4)8-10-25-12-13-26-11-9-23/h5-7,14-15,21,23H,8-13H2,1-4H3,(H,22,24). The van der Waals surface area contributed by atoms with Gasteiger partial charge in [0.25, 0.3) is 0 Å². The predicted molar refractivity (Wildman–Crippen MR) is 117 cm³/mol. The fraction of sp³-hybridized carbons (Fsp3) is 0.550. The first-order valence-corrected chi connectivity index (χ1v) is 11.2. The molecule has 146 valence electrons. The fourth-order valence-electron chi connectivity index (χ4n) is 2.61. The van der Waals surface area contributed by atoms with E-state index in [0.717, 1.165) is 40.6 Å². The Kier molecular flexibility index (Phi) is 11.0. The number of hydrogen-bond acceptors (Lipinski definition) is 5. The molecular weight excluding hydrogens is 364 g/mol. The minimum absolute atomic E-state index is 0.00962. The summed E-state index contributed by atoms with van der Waals surface area (Å²) in [4.78, 5) is 12.8. The molecule has 0 aliphatic heterocycles. The number of carbonyl (C=O) groups excluding carboxylic acids is 1. The molecule has 0 saturated carbocycles. The van der Waals surface area contributed by atoms with E-state index in [2.05, 4.69) is 42.9 Å². The third-order valence-electron chi connectivity index (χ3n) is 4.07. The maximum absolute atomic E-state index is 12.8. The van der Waals surface area contributed by atoms with E-state index in [1.165, 1.54) is 5.57 Å². The minimum Gasteiger partial charge on any atom is -0.396 e. The molecule has 3 N–H and O–H groups in total. The summed E-state index contributed by atoms with van der Waals surface area (Å²) in [7, 11) is 1.71. The normalized spacial score (nSPS) is 13.1. The summed E-state index contributed by atoms with van der Waals surface area (Å²) in [6.07, 6.45) is 2.90. The zero-order valence-electron chi connectivity index (χ0n) is 16.3. The van der Waals surface area contributed by atoms with Crippen LogP contribution in [0.4, 0.5) is 0 Å². The second-order valence-electron chi connectivity index (χ2n) is 6.58. The quantitative estimate of drug-likeness (QED) is 0.373. The highest BCUT2D eigenvalue weighted by molar-refractivity contribution is 8.02. The number of hydrogen-bond donors (Lipinski definition) is 3. The monoisotopic (exact) mass is 396 g/mol. The molecule has 1 amide bonds. The number of hydrazine groups is 1. The predicted octanol–water partition coefficient (Wildman–Crippen LogP) is 3.47. The molecule has 0 bridgehead atoms. The molecule has 0 aliphatic carbocycles. The van der Waals surface area contributed by atoms with Crippen molar-refractivity contribution in [3.05, 3.63) is 41.0 Å². The molecule has 0 heterocycles. The lowest BCUT2D eigenvalue weighted by atomic mass is 9.78. The van der Waals surface area contributed by atoms with Crippen LogP contribution in [0.3, 0.4) is 0 Å². The Morgan fingerprint density at radius 2 is 1.88 bits per heavy atom. The van der Waals surface area contributed by atoms with E-state index in [0.29, 0.717) is 0 Å². The van der Waals surface area contributed by atoms with E-state index >= 15 is 0 Å². The fourth-order valence-corrected chi connectivity index (χ4v) is 4.64. The summed E-state index contributed by atoms with van der Waals surface area (Å²) in [6.45, 7) is 6.40. The van der Waals surface area contributed by atoms with Crippen LogP contribution in [0.15, 0.2) is 29.8 Å². The topological polar surface area (TPSA) is 61.4 Å². The zero-order valence-corrected chi connectivity index (χ0v) is 17.9. The number of benzene rings is 1. The Balaban J connectivity index is 2.83. The van der Waals surface area contributed by atoms with Crippen molar-refractivity contribution in [3.8, 4) is 0 Å². The highest BCUT2D eigenvalue weighted by Crippen LogP contribution is 2.31. The van der Waals surface area contributed by atoms with Crippen molar-refractivity contribution in [3.63, 3.8) is 0 Å².